The zero-order valence-electron chi connectivity index (χ0n) is 16.9. The van der Waals surface area contributed by atoms with Crippen molar-refractivity contribution >= 4 is 11.7 Å². The van der Waals surface area contributed by atoms with Crippen LogP contribution < -0.4 is 5.32 Å². The maximum absolute atomic E-state index is 12.2. The minimum absolute atomic E-state index is 0.104. The maximum Gasteiger partial charge on any atom is 0.252 e. The standard InChI is InChI=1S/C20H32N6O/c1-15-18(16(2)26-20(24-15)22-14-23-26)10-11-19(27)21-12-7-13-25(3)17-8-5-4-6-9-17/h14,17H,4-13H2,1-3H3,(H,21,27). The molecule has 2 aromatic rings. The molecule has 0 saturated heterocycles. The molecule has 0 atom stereocenters. The second kappa shape index (κ2) is 9.26. The first kappa shape index (κ1) is 19.7. The van der Waals surface area contributed by atoms with Crippen molar-refractivity contribution in [3.8, 4) is 0 Å². The van der Waals surface area contributed by atoms with Gasteiger partial charge in [-0.3, -0.25) is 4.79 Å². The summed E-state index contributed by atoms with van der Waals surface area (Å²) < 4.78 is 1.74. The van der Waals surface area contributed by atoms with Gasteiger partial charge in [0, 0.05) is 30.4 Å². The predicted molar refractivity (Wildman–Crippen MR) is 106 cm³/mol. The Hall–Kier alpha value is -2.02. The van der Waals surface area contributed by atoms with Crippen LogP contribution in [0.15, 0.2) is 6.33 Å². The molecule has 1 aliphatic rings. The molecule has 27 heavy (non-hydrogen) atoms. The SMILES string of the molecule is Cc1nc2ncnn2c(C)c1CCC(=O)NCCCN(C)C1CCCCC1. The molecule has 0 aromatic carbocycles. The lowest BCUT2D eigenvalue weighted by Crippen LogP contribution is -2.35. The van der Waals surface area contributed by atoms with Gasteiger partial charge < -0.3 is 10.2 Å². The van der Waals surface area contributed by atoms with E-state index in [1.807, 2.05) is 13.8 Å². The molecular weight excluding hydrogens is 340 g/mol. The van der Waals surface area contributed by atoms with Gasteiger partial charge in [-0.05, 0) is 58.7 Å². The van der Waals surface area contributed by atoms with E-state index >= 15 is 0 Å². The molecule has 1 saturated carbocycles. The Bertz CT molecular complexity index is 765. The number of aryl methyl sites for hydroxylation is 2. The average molecular weight is 373 g/mol. The minimum atomic E-state index is 0.104. The Morgan fingerprint density at radius 1 is 1.30 bits per heavy atom. The van der Waals surface area contributed by atoms with Crippen molar-refractivity contribution in [1.29, 1.82) is 0 Å². The molecule has 0 spiro atoms. The maximum atomic E-state index is 12.2. The predicted octanol–water partition coefficient (Wildman–Crippen LogP) is 2.44. The van der Waals surface area contributed by atoms with Crippen LogP contribution in [-0.4, -0.2) is 56.6 Å². The smallest absolute Gasteiger partial charge is 0.252 e. The quantitative estimate of drug-likeness (QED) is 0.721. The first-order valence-corrected chi connectivity index (χ1v) is 10.2. The first-order valence-electron chi connectivity index (χ1n) is 10.2. The Labute approximate surface area is 161 Å². The van der Waals surface area contributed by atoms with Gasteiger partial charge in [0.15, 0.2) is 0 Å². The number of amides is 1. The van der Waals surface area contributed by atoms with Crippen LogP contribution in [-0.2, 0) is 11.2 Å². The molecule has 7 nitrogen and oxygen atoms in total. The van der Waals surface area contributed by atoms with Gasteiger partial charge in [0.2, 0.25) is 5.91 Å². The highest BCUT2D eigenvalue weighted by atomic mass is 16.1. The van der Waals surface area contributed by atoms with Gasteiger partial charge >= 0.3 is 0 Å². The highest BCUT2D eigenvalue weighted by molar-refractivity contribution is 5.76. The fraction of sp³-hybridized carbons (Fsp3) is 0.700. The fourth-order valence-corrected chi connectivity index (χ4v) is 4.10. The van der Waals surface area contributed by atoms with Crippen molar-refractivity contribution < 1.29 is 4.79 Å². The largest absolute Gasteiger partial charge is 0.356 e. The van der Waals surface area contributed by atoms with Crippen LogP contribution in [0.4, 0.5) is 0 Å². The van der Waals surface area contributed by atoms with Gasteiger partial charge in [-0.15, -0.1) is 0 Å². The van der Waals surface area contributed by atoms with E-state index in [1.54, 1.807) is 4.52 Å². The van der Waals surface area contributed by atoms with Crippen LogP contribution in [0.5, 0.6) is 0 Å². The molecule has 1 aliphatic carbocycles. The van der Waals surface area contributed by atoms with Crippen molar-refractivity contribution in [3.05, 3.63) is 23.3 Å². The molecule has 0 bridgehead atoms. The number of carbonyl (C=O) groups excluding carboxylic acids is 1. The Balaban J connectivity index is 1.40. The lowest BCUT2D eigenvalue weighted by molar-refractivity contribution is -0.121. The van der Waals surface area contributed by atoms with E-state index in [2.05, 4.69) is 32.3 Å². The van der Waals surface area contributed by atoms with E-state index in [-0.39, 0.29) is 5.91 Å². The molecule has 2 aromatic heterocycles. The monoisotopic (exact) mass is 372 g/mol. The van der Waals surface area contributed by atoms with Gasteiger partial charge in [0.25, 0.3) is 5.78 Å². The third-order valence-corrected chi connectivity index (χ3v) is 5.80. The van der Waals surface area contributed by atoms with E-state index in [4.69, 9.17) is 0 Å². The molecule has 2 heterocycles. The van der Waals surface area contributed by atoms with Crippen LogP contribution in [0, 0.1) is 13.8 Å². The Kier molecular flexibility index (Phi) is 6.77. The van der Waals surface area contributed by atoms with Crippen LogP contribution in [0.3, 0.4) is 0 Å². The summed E-state index contributed by atoms with van der Waals surface area (Å²) >= 11 is 0. The van der Waals surface area contributed by atoms with Gasteiger partial charge in [-0.25, -0.2) is 9.50 Å². The van der Waals surface area contributed by atoms with E-state index in [0.29, 0.717) is 18.6 Å². The molecule has 148 valence electrons. The molecule has 1 fully saturated rings. The third kappa shape index (κ3) is 5.03. The summed E-state index contributed by atoms with van der Waals surface area (Å²) in [6, 6.07) is 0.736. The molecule has 1 amide bonds. The highest BCUT2D eigenvalue weighted by Crippen LogP contribution is 2.21. The molecule has 0 aliphatic heterocycles. The average Bonchev–Trinajstić information content (AvgIpc) is 3.14. The summed E-state index contributed by atoms with van der Waals surface area (Å²) in [4.78, 5) is 23.3. The van der Waals surface area contributed by atoms with Crippen LogP contribution in [0.1, 0.15) is 61.9 Å². The molecule has 1 N–H and O–H groups in total. The summed E-state index contributed by atoms with van der Waals surface area (Å²) in [7, 11) is 2.22. The first-order chi connectivity index (χ1) is 13.1. The lowest BCUT2D eigenvalue weighted by atomic mass is 9.94. The van der Waals surface area contributed by atoms with Crippen molar-refractivity contribution in [2.45, 2.75) is 71.3 Å². The number of rotatable bonds is 8. The van der Waals surface area contributed by atoms with Crippen LogP contribution in [0.2, 0.25) is 0 Å². The number of hydrogen-bond acceptors (Lipinski definition) is 5. The summed E-state index contributed by atoms with van der Waals surface area (Å²) in [5.74, 6) is 0.716. The Morgan fingerprint density at radius 2 is 2.07 bits per heavy atom. The van der Waals surface area contributed by atoms with Crippen molar-refractivity contribution in [2.24, 2.45) is 0 Å². The molecular formula is C20H32N6O. The summed E-state index contributed by atoms with van der Waals surface area (Å²) in [5, 5.41) is 7.26. The zero-order valence-corrected chi connectivity index (χ0v) is 16.9. The molecule has 3 rings (SSSR count). The van der Waals surface area contributed by atoms with Gasteiger partial charge in [0.1, 0.15) is 6.33 Å². The van der Waals surface area contributed by atoms with Crippen molar-refractivity contribution in [2.75, 3.05) is 20.1 Å². The number of carbonyl (C=O) groups is 1. The summed E-state index contributed by atoms with van der Waals surface area (Å²) in [6.07, 6.45) is 10.4. The molecule has 0 unspecified atom stereocenters. The Morgan fingerprint density at radius 3 is 2.85 bits per heavy atom. The lowest BCUT2D eigenvalue weighted by Gasteiger charge is -2.31. The second-order valence-electron chi connectivity index (χ2n) is 7.71. The number of nitrogens with zero attached hydrogens (tertiary/aromatic N) is 5. The number of hydrogen-bond donors (Lipinski definition) is 1. The number of fused-ring (bicyclic) bond motifs is 1. The zero-order chi connectivity index (χ0) is 19.2. The minimum Gasteiger partial charge on any atom is -0.356 e. The number of nitrogens with one attached hydrogen (secondary N) is 1. The third-order valence-electron chi connectivity index (χ3n) is 5.80. The van der Waals surface area contributed by atoms with Crippen LogP contribution in [0.25, 0.3) is 5.78 Å². The topological polar surface area (TPSA) is 75.4 Å². The summed E-state index contributed by atoms with van der Waals surface area (Å²) in [5.41, 5.74) is 3.02. The molecule has 7 heteroatoms. The van der Waals surface area contributed by atoms with Crippen molar-refractivity contribution in [1.82, 2.24) is 29.8 Å². The fourth-order valence-electron chi connectivity index (χ4n) is 4.10. The van der Waals surface area contributed by atoms with E-state index < -0.39 is 0 Å². The van der Waals surface area contributed by atoms with Crippen LogP contribution >= 0.6 is 0 Å². The van der Waals surface area contributed by atoms with E-state index in [9.17, 15) is 4.79 Å². The van der Waals surface area contributed by atoms with Gasteiger partial charge in [0.05, 0.1) is 0 Å². The highest BCUT2D eigenvalue weighted by Gasteiger charge is 2.17. The summed E-state index contributed by atoms with van der Waals surface area (Å²) in [6.45, 7) is 5.77. The van der Waals surface area contributed by atoms with Gasteiger partial charge in [-0.1, -0.05) is 19.3 Å². The number of aromatic nitrogens is 4. The normalized spacial score (nSPS) is 15.6. The van der Waals surface area contributed by atoms with Gasteiger partial charge in [-0.2, -0.15) is 10.1 Å². The van der Waals surface area contributed by atoms with E-state index in [0.717, 1.165) is 42.5 Å². The van der Waals surface area contributed by atoms with Crippen molar-refractivity contribution in [3.63, 3.8) is 0 Å². The second-order valence-corrected chi connectivity index (χ2v) is 7.71. The molecule has 0 radical (unpaired) electrons. The van der Waals surface area contributed by atoms with E-state index in [1.165, 1.54) is 38.4 Å².